The molecule has 2 aromatic carbocycles. The predicted molar refractivity (Wildman–Crippen MR) is 110 cm³/mol. The number of aliphatic hydroxyl groups is 1. The molecule has 1 aliphatic heterocycles. The second-order valence-electron chi connectivity index (χ2n) is 7.44. The van der Waals surface area contributed by atoms with Gasteiger partial charge in [-0.15, -0.1) is 0 Å². The van der Waals surface area contributed by atoms with Gasteiger partial charge in [0, 0.05) is 30.8 Å². The molecule has 0 aliphatic carbocycles. The molecule has 3 heterocycles. The van der Waals surface area contributed by atoms with Gasteiger partial charge < -0.3 is 5.11 Å². The predicted octanol–water partition coefficient (Wildman–Crippen LogP) is 2.07. The van der Waals surface area contributed by atoms with Gasteiger partial charge in [0.2, 0.25) is 0 Å². The fourth-order valence-electron chi connectivity index (χ4n) is 3.93. The van der Waals surface area contributed by atoms with E-state index in [1.165, 1.54) is 4.57 Å². The lowest BCUT2D eigenvalue weighted by atomic mass is 10.2. The molecule has 0 fully saturated rings. The van der Waals surface area contributed by atoms with Crippen LogP contribution in [0.2, 0.25) is 0 Å². The summed E-state index contributed by atoms with van der Waals surface area (Å²) in [4.78, 5) is 14.3. The fraction of sp³-hybridized carbons (Fsp3) is 0.227. The van der Waals surface area contributed by atoms with E-state index in [1.807, 2.05) is 71.5 Å². The maximum Gasteiger partial charge on any atom is 0.441 e. The maximum absolute atomic E-state index is 12.1. The van der Waals surface area contributed by atoms with Gasteiger partial charge >= 0.3 is 5.76 Å². The molecule has 4 aromatic rings. The Balaban J connectivity index is 1.29. The highest BCUT2D eigenvalue weighted by Gasteiger charge is 2.26. The van der Waals surface area contributed by atoms with Crippen molar-refractivity contribution < 1.29 is 9.63 Å². The summed E-state index contributed by atoms with van der Waals surface area (Å²) in [6, 6.07) is 19.3. The van der Waals surface area contributed by atoms with Gasteiger partial charge in [-0.3, -0.25) is 14.0 Å². The minimum absolute atomic E-state index is 0.115. The first kappa shape index (κ1) is 18.5. The summed E-state index contributed by atoms with van der Waals surface area (Å²) in [5.41, 5.74) is 4.07. The quantitative estimate of drug-likeness (QED) is 0.530. The molecule has 0 radical (unpaired) electrons. The summed E-state index contributed by atoms with van der Waals surface area (Å²) >= 11 is 0. The van der Waals surface area contributed by atoms with Crippen molar-refractivity contribution in [3.8, 4) is 17.1 Å². The van der Waals surface area contributed by atoms with Crippen LogP contribution < -0.4 is 5.76 Å². The molecule has 1 unspecified atom stereocenters. The van der Waals surface area contributed by atoms with E-state index in [4.69, 9.17) is 4.52 Å². The third-order valence-electron chi connectivity index (χ3n) is 5.30. The molecule has 1 aliphatic rings. The Hall–Kier alpha value is -3.49. The van der Waals surface area contributed by atoms with Crippen molar-refractivity contribution in [3.05, 3.63) is 88.7 Å². The van der Waals surface area contributed by atoms with Crippen molar-refractivity contribution in [2.24, 2.45) is 0 Å². The lowest BCUT2D eigenvalue weighted by Gasteiger charge is -2.20. The smallest absolute Gasteiger partial charge is 0.390 e. The van der Waals surface area contributed by atoms with E-state index in [-0.39, 0.29) is 6.54 Å². The van der Waals surface area contributed by atoms with Crippen molar-refractivity contribution in [1.29, 1.82) is 0 Å². The zero-order chi connectivity index (χ0) is 20.5. The molecule has 0 amide bonds. The van der Waals surface area contributed by atoms with Crippen LogP contribution in [-0.2, 0) is 19.6 Å². The van der Waals surface area contributed by atoms with Crippen molar-refractivity contribution in [2.45, 2.75) is 25.7 Å². The Morgan fingerprint density at radius 2 is 1.73 bits per heavy atom. The van der Waals surface area contributed by atoms with Crippen molar-refractivity contribution in [2.75, 3.05) is 6.54 Å². The van der Waals surface area contributed by atoms with Gasteiger partial charge in [0.15, 0.2) is 5.82 Å². The molecule has 0 saturated heterocycles. The van der Waals surface area contributed by atoms with Crippen LogP contribution in [0.25, 0.3) is 17.1 Å². The maximum atomic E-state index is 12.1. The first-order valence-electron chi connectivity index (χ1n) is 9.82. The number of aromatic nitrogens is 4. The minimum Gasteiger partial charge on any atom is -0.390 e. The Bertz CT molecular complexity index is 1200. The van der Waals surface area contributed by atoms with Crippen molar-refractivity contribution >= 4 is 0 Å². The van der Waals surface area contributed by atoms with Crippen molar-refractivity contribution in [1.82, 2.24) is 24.4 Å². The Morgan fingerprint density at radius 3 is 2.50 bits per heavy atom. The highest BCUT2D eigenvalue weighted by atomic mass is 16.5. The molecule has 8 heteroatoms. The summed E-state index contributed by atoms with van der Waals surface area (Å²) < 4.78 is 8.17. The molecule has 1 atom stereocenters. The number of benzene rings is 2. The molecular formula is C22H21N5O3. The molecule has 30 heavy (non-hydrogen) atoms. The van der Waals surface area contributed by atoms with E-state index in [2.05, 4.69) is 15.2 Å². The van der Waals surface area contributed by atoms with Gasteiger partial charge in [-0.1, -0.05) is 53.7 Å². The molecule has 5 rings (SSSR count). The van der Waals surface area contributed by atoms with E-state index < -0.39 is 11.9 Å². The average Bonchev–Trinajstić information content (AvgIpc) is 3.44. The highest BCUT2D eigenvalue weighted by Crippen LogP contribution is 2.25. The van der Waals surface area contributed by atoms with Crippen LogP contribution in [0.15, 0.2) is 76.2 Å². The van der Waals surface area contributed by atoms with E-state index in [1.54, 1.807) is 0 Å². The summed E-state index contributed by atoms with van der Waals surface area (Å²) in [6.07, 6.45) is 1.14. The standard InChI is InChI=1S/C22H21N5O3/c28-19(14-26-21(24-30-22(26)29)16-7-3-1-4-8-16)13-25-12-17-11-23-27(20(17)15-25)18-9-5-2-6-10-18/h1-11,19,28H,12-15H2. The van der Waals surface area contributed by atoms with Gasteiger partial charge in [0.05, 0.1) is 30.2 Å². The lowest BCUT2D eigenvalue weighted by Crippen LogP contribution is -2.34. The molecule has 0 saturated carbocycles. The van der Waals surface area contributed by atoms with Crippen LogP contribution in [0.1, 0.15) is 11.3 Å². The molecule has 0 bridgehead atoms. The number of nitrogens with zero attached hydrogens (tertiary/aromatic N) is 5. The molecule has 8 nitrogen and oxygen atoms in total. The number of fused-ring (bicyclic) bond motifs is 1. The summed E-state index contributed by atoms with van der Waals surface area (Å²) in [7, 11) is 0. The third kappa shape index (κ3) is 3.47. The number of hydrogen-bond acceptors (Lipinski definition) is 6. The number of para-hydroxylation sites is 1. The first-order chi connectivity index (χ1) is 14.7. The summed E-state index contributed by atoms with van der Waals surface area (Å²) in [5.74, 6) is -0.151. The largest absolute Gasteiger partial charge is 0.441 e. The SMILES string of the molecule is O=c1onc(-c2ccccc2)n1CC(O)CN1Cc2cnn(-c3ccccc3)c2C1. The Morgan fingerprint density at radius 1 is 1.00 bits per heavy atom. The van der Waals surface area contributed by atoms with Gasteiger partial charge in [-0.05, 0) is 12.1 Å². The van der Waals surface area contributed by atoms with Crippen LogP contribution in [0, 0.1) is 0 Å². The Labute approximate surface area is 172 Å². The van der Waals surface area contributed by atoms with Crippen LogP contribution in [0.5, 0.6) is 0 Å². The van der Waals surface area contributed by atoms with E-state index >= 15 is 0 Å². The molecule has 152 valence electrons. The Kier molecular flexibility index (Phi) is 4.78. The summed E-state index contributed by atoms with van der Waals surface area (Å²) in [5, 5.41) is 19.1. The second kappa shape index (κ2) is 7.74. The average molecular weight is 403 g/mol. The molecule has 0 spiro atoms. The van der Waals surface area contributed by atoms with Gasteiger partial charge in [-0.25, -0.2) is 9.48 Å². The fourth-order valence-corrected chi connectivity index (χ4v) is 3.93. The van der Waals surface area contributed by atoms with E-state index in [9.17, 15) is 9.90 Å². The highest BCUT2D eigenvalue weighted by molar-refractivity contribution is 5.54. The molecule has 2 aromatic heterocycles. The number of rotatable bonds is 6. The monoisotopic (exact) mass is 403 g/mol. The molecular weight excluding hydrogens is 382 g/mol. The van der Waals surface area contributed by atoms with Crippen molar-refractivity contribution in [3.63, 3.8) is 0 Å². The van der Waals surface area contributed by atoms with Crippen LogP contribution >= 0.6 is 0 Å². The van der Waals surface area contributed by atoms with E-state index in [0.717, 1.165) is 22.5 Å². The van der Waals surface area contributed by atoms with Crippen LogP contribution in [0.3, 0.4) is 0 Å². The van der Waals surface area contributed by atoms with Crippen LogP contribution in [-0.4, -0.2) is 42.2 Å². The zero-order valence-corrected chi connectivity index (χ0v) is 16.3. The number of aliphatic hydroxyl groups excluding tert-OH is 1. The minimum atomic E-state index is -0.744. The van der Waals surface area contributed by atoms with Gasteiger partial charge in [-0.2, -0.15) is 5.10 Å². The second-order valence-corrected chi connectivity index (χ2v) is 7.44. The van der Waals surface area contributed by atoms with Gasteiger partial charge in [0.25, 0.3) is 0 Å². The van der Waals surface area contributed by atoms with E-state index in [0.29, 0.717) is 25.5 Å². The topological polar surface area (TPSA) is 89.3 Å². The normalized spacial score (nSPS) is 14.7. The summed E-state index contributed by atoms with van der Waals surface area (Å²) in [6.45, 7) is 1.94. The van der Waals surface area contributed by atoms with Gasteiger partial charge in [0.1, 0.15) is 0 Å². The first-order valence-corrected chi connectivity index (χ1v) is 9.82. The zero-order valence-electron chi connectivity index (χ0n) is 16.3. The lowest BCUT2D eigenvalue weighted by molar-refractivity contribution is 0.0948. The van der Waals surface area contributed by atoms with Crippen LogP contribution in [0.4, 0.5) is 0 Å². The number of β-amino-alcohol motifs (C(OH)–C–C–N with tert-alkyl or cyclic N) is 1. The number of hydrogen-bond donors (Lipinski definition) is 1. The molecule has 1 N–H and O–H groups in total. The third-order valence-corrected chi connectivity index (χ3v) is 5.30.